The molecular weight excluding hydrogens is 268 g/mol. The van der Waals surface area contributed by atoms with E-state index in [0.717, 1.165) is 18.4 Å². The fraction of sp³-hybridized carbons (Fsp3) is 0.750. The predicted octanol–water partition coefficient (Wildman–Crippen LogP) is 1.05. The van der Waals surface area contributed by atoms with Crippen molar-refractivity contribution in [1.82, 2.24) is 5.32 Å². The van der Waals surface area contributed by atoms with E-state index < -0.39 is 0 Å². The van der Waals surface area contributed by atoms with Crippen LogP contribution in [0, 0.1) is 0 Å². The summed E-state index contributed by atoms with van der Waals surface area (Å²) < 4.78 is 0. The van der Waals surface area contributed by atoms with Crippen LogP contribution in [-0.4, -0.2) is 23.5 Å². The van der Waals surface area contributed by atoms with Gasteiger partial charge in [-0.2, -0.15) is 0 Å². The van der Waals surface area contributed by atoms with E-state index in [1.165, 1.54) is 6.92 Å². The molecule has 1 amide bonds. The smallest absolute Gasteiger partial charge is 0.216 e. The van der Waals surface area contributed by atoms with Crippen molar-refractivity contribution < 1.29 is 9.59 Å². The van der Waals surface area contributed by atoms with Crippen LogP contribution >= 0.6 is 28.9 Å². The van der Waals surface area contributed by atoms with Gasteiger partial charge < -0.3 is 5.32 Å². The molecule has 0 aliphatic heterocycles. The fourth-order valence-corrected chi connectivity index (χ4v) is 1.33. The molecule has 1 atom stereocenters. The van der Waals surface area contributed by atoms with E-state index in [0.29, 0.717) is 13.0 Å². The minimum absolute atomic E-state index is 0. The Morgan fingerprint density at radius 1 is 1.50 bits per heavy atom. The highest BCUT2D eigenvalue weighted by Crippen LogP contribution is 2.06. The van der Waals surface area contributed by atoms with Gasteiger partial charge in [0.15, 0.2) is 0 Å². The minimum Gasteiger partial charge on any atom is -0.355 e. The van der Waals surface area contributed by atoms with E-state index >= 15 is 0 Å². The number of carbonyl (C=O) groups is 2. The van der Waals surface area contributed by atoms with Gasteiger partial charge in [0.1, 0.15) is 5.78 Å². The maximum absolute atomic E-state index is 11.3. The summed E-state index contributed by atoms with van der Waals surface area (Å²) in [6.45, 7) is 3.69. The molecule has 0 spiro atoms. The van der Waals surface area contributed by atoms with Crippen molar-refractivity contribution in [1.29, 1.82) is 0 Å². The molecule has 0 radical (unpaired) electrons. The second-order valence-corrected chi connectivity index (χ2v) is 3.62. The molecular formula is C8H17BrN2O2S. The van der Waals surface area contributed by atoms with Gasteiger partial charge in [-0.3, -0.25) is 14.7 Å². The number of ketones is 1. The molecule has 0 heterocycles. The van der Waals surface area contributed by atoms with Gasteiger partial charge in [-0.05, 0) is 6.42 Å². The third kappa shape index (κ3) is 7.34. The summed E-state index contributed by atoms with van der Waals surface area (Å²) in [6, 6.07) is 0. The minimum atomic E-state index is -0.302. The van der Waals surface area contributed by atoms with Gasteiger partial charge in [-0.25, -0.2) is 0 Å². The van der Waals surface area contributed by atoms with Gasteiger partial charge in [0.2, 0.25) is 5.91 Å². The second-order valence-electron chi connectivity index (χ2n) is 2.78. The highest BCUT2D eigenvalue weighted by atomic mass is 79.9. The van der Waals surface area contributed by atoms with Crippen molar-refractivity contribution in [2.45, 2.75) is 31.9 Å². The molecule has 0 aromatic heterocycles. The maximum atomic E-state index is 11.3. The van der Waals surface area contributed by atoms with E-state index in [1.807, 2.05) is 6.92 Å². The van der Waals surface area contributed by atoms with Crippen molar-refractivity contribution in [3.63, 3.8) is 0 Å². The van der Waals surface area contributed by atoms with Gasteiger partial charge in [0, 0.05) is 19.9 Å². The Morgan fingerprint density at radius 3 is 2.43 bits per heavy atom. The Labute approximate surface area is 99.3 Å². The summed E-state index contributed by atoms with van der Waals surface area (Å²) in [5, 5.41) is 7.61. The average molecular weight is 285 g/mol. The lowest BCUT2D eigenvalue weighted by Crippen LogP contribution is -2.34. The lowest BCUT2D eigenvalue weighted by atomic mass is 10.2. The van der Waals surface area contributed by atoms with Gasteiger partial charge in [0.25, 0.3) is 0 Å². The number of Topliss-reactive ketones (excluding diaryl/α,β-unsaturated/α-hetero) is 1. The molecule has 1 unspecified atom stereocenters. The van der Waals surface area contributed by atoms with Crippen LogP contribution in [0.1, 0.15) is 26.7 Å². The van der Waals surface area contributed by atoms with Crippen LogP contribution < -0.4 is 10.5 Å². The first kappa shape index (κ1) is 16.4. The topological polar surface area (TPSA) is 72.2 Å². The first-order chi connectivity index (χ1) is 6.11. The number of halogens is 1. The maximum Gasteiger partial charge on any atom is 0.216 e. The number of hydrogen-bond donors (Lipinski definition) is 2. The summed E-state index contributed by atoms with van der Waals surface area (Å²) in [5.74, 6) is -0.0351. The molecule has 0 aromatic carbocycles. The Balaban J connectivity index is 0. The monoisotopic (exact) mass is 284 g/mol. The largest absolute Gasteiger partial charge is 0.355 e. The fourth-order valence-electron chi connectivity index (χ4n) is 0.882. The molecule has 14 heavy (non-hydrogen) atoms. The first-order valence-corrected chi connectivity index (χ1v) is 5.18. The zero-order valence-corrected chi connectivity index (χ0v) is 10.9. The molecule has 0 fully saturated rings. The number of nitrogens with one attached hydrogen (secondary N) is 1. The summed E-state index contributed by atoms with van der Waals surface area (Å²) in [5.41, 5.74) is 0. The van der Waals surface area contributed by atoms with Gasteiger partial charge in [0.05, 0.1) is 5.25 Å². The quantitative estimate of drug-likeness (QED) is 0.715. The highest BCUT2D eigenvalue weighted by Gasteiger charge is 2.16. The molecule has 3 N–H and O–H groups in total. The second kappa shape index (κ2) is 9.48. The first-order valence-electron chi connectivity index (χ1n) is 4.24. The third-order valence-corrected chi connectivity index (χ3v) is 2.31. The molecule has 0 bridgehead atoms. The number of hydrogen-bond acceptors (Lipinski definition) is 4. The van der Waals surface area contributed by atoms with E-state index in [-0.39, 0.29) is 33.9 Å². The van der Waals surface area contributed by atoms with Gasteiger partial charge >= 0.3 is 0 Å². The van der Waals surface area contributed by atoms with Crippen molar-refractivity contribution in [2.24, 2.45) is 5.14 Å². The van der Waals surface area contributed by atoms with Crippen molar-refractivity contribution >= 4 is 40.6 Å². The molecule has 0 rings (SSSR count). The molecule has 84 valence electrons. The lowest BCUT2D eigenvalue weighted by Gasteiger charge is -2.12. The van der Waals surface area contributed by atoms with Crippen LogP contribution in [0.2, 0.25) is 0 Å². The van der Waals surface area contributed by atoms with E-state index in [1.54, 1.807) is 0 Å². The molecule has 0 saturated carbocycles. The molecule has 0 aliphatic carbocycles. The number of carbonyl (C=O) groups excluding carboxylic acids is 2. The standard InChI is InChI=1S/C8H16N2O2S.BrH/c1-3-4-7(12)8(13-9)5-10-6(2)11;/h8H,3-5,9H2,1-2H3,(H,10,11);1H. The average Bonchev–Trinajstić information content (AvgIpc) is 2.05. The number of amides is 1. The molecule has 0 aromatic rings. The zero-order chi connectivity index (χ0) is 10.3. The zero-order valence-electron chi connectivity index (χ0n) is 8.41. The van der Waals surface area contributed by atoms with Gasteiger partial charge in [-0.15, -0.1) is 17.0 Å². The SMILES string of the molecule is Br.CCCC(=O)C(CNC(C)=O)SN. The lowest BCUT2D eigenvalue weighted by molar-refractivity contribution is -0.119. The Bertz CT molecular complexity index is 190. The third-order valence-electron chi connectivity index (χ3n) is 1.56. The van der Waals surface area contributed by atoms with Crippen molar-refractivity contribution in [3.05, 3.63) is 0 Å². The van der Waals surface area contributed by atoms with Crippen LogP contribution in [0.3, 0.4) is 0 Å². The summed E-state index contributed by atoms with van der Waals surface area (Å²) >= 11 is 0.996. The highest BCUT2D eigenvalue weighted by molar-refractivity contribution is 8.93. The van der Waals surface area contributed by atoms with Gasteiger partial charge in [-0.1, -0.05) is 18.9 Å². The Morgan fingerprint density at radius 2 is 2.07 bits per heavy atom. The van der Waals surface area contributed by atoms with Crippen LogP contribution in [0.25, 0.3) is 0 Å². The van der Waals surface area contributed by atoms with Crippen molar-refractivity contribution in [2.75, 3.05) is 6.54 Å². The van der Waals surface area contributed by atoms with Crippen LogP contribution in [0.15, 0.2) is 0 Å². The van der Waals surface area contributed by atoms with E-state index in [2.05, 4.69) is 5.32 Å². The molecule has 6 heteroatoms. The Hall–Kier alpha value is -0.0700. The van der Waals surface area contributed by atoms with Crippen LogP contribution in [0.4, 0.5) is 0 Å². The van der Waals surface area contributed by atoms with Crippen LogP contribution in [-0.2, 0) is 9.59 Å². The molecule has 4 nitrogen and oxygen atoms in total. The normalized spacial score (nSPS) is 11.4. The van der Waals surface area contributed by atoms with E-state index in [9.17, 15) is 9.59 Å². The Kier molecular flexibility index (Phi) is 11.1. The summed E-state index contributed by atoms with van der Waals surface area (Å²) in [6.07, 6.45) is 1.34. The molecule has 0 aliphatic rings. The molecule has 0 saturated heterocycles. The number of rotatable bonds is 6. The summed E-state index contributed by atoms with van der Waals surface area (Å²) in [7, 11) is 0. The predicted molar refractivity (Wildman–Crippen MR) is 64.5 cm³/mol. The van der Waals surface area contributed by atoms with E-state index in [4.69, 9.17) is 5.14 Å². The van der Waals surface area contributed by atoms with Crippen LogP contribution in [0.5, 0.6) is 0 Å². The summed E-state index contributed by atoms with van der Waals surface area (Å²) in [4.78, 5) is 21.9. The van der Waals surface area contributed by atoms with Crippen molar-refractivity contribution in [3.8, 4) is 0 Å². The number of nitrogens with two attached hydrogens (primary N) is 1.